The number of benzene rings is 1. The molecular formula is C9H9ClN2O3. The minimum absolute atomic E-state index is 0.120. The molecule has 5 nitrogen and oxygen atoms in total. The highest BCUT2D eigenvalue weighted by molar-refractivity contribution is 6.31. The number of aryl methyl sites for hydroxylation is 1. The number of nitro groups is 1. The Balaban J connectivity index is 3.43. The van der Waals surface area contributed by atoms with Gasteiger partial charge in [-0.3, -0.25) is 14.9 Å². The maximum atomic E-state index is 11.4. The summed E-state index contributed by atoms with van der Waals surface area (Å²) < 4.78 is 0. The van der Waals surface area contributed by atoms with E-state index in [0.29, 0.717) is 5.56 Å². The van der Waals surface area contributed by atoms with Gasteiger partial charge in [-0.2, -0.15) is 0 Å². The minimum Gasteiger partial charge on any atom is -0.393 e. The first-order chi connectivity index (χ1) is 6.99. The molecule has 0 aliphatic rings. The second-order valence-electron chi connectivity index (χ2n) is 3.00. The Hall–Kier alpha value is -1.62. The summed E-state index contributed by atoms with van der Waals surface area (Å²) in [4.78, 5) is 21.3. The fourth-order valence-corrected chi connectivity index (χ4v) is 1.45. The molecule has 2 N–H and O–H groups in total. The number of alkyl halides is 1. The third-order valence-electron chi connectivity index (χ3n) is 2.03. The van der Waals surface area contributed by atoms with Crippen LogP contribution in [-0.2, 0) is 0 Å². The van der Waals surface area contributed by atoms with E-state index >= 15 is 0 Å². The molecule has 1 aromatic rings. The van der Waals surface area contributed by atoms with E-state index < -0.39 is 10.7 Å². The highest BCUT2D eigenvalue weighted by Gasteiger charge is 2.20. The number of nitrogens with zero attached hydrogens (tertiary/aromatic N) is 1. The summed E-state index contributed by atoms with van der Waals surface area (Å²) in [6, 6.07) is 2.75. The van der Waals surface area contributed by atoms with Gasteiger partial charge < -0.3 is 5.73 Å². The van der Waals surface area contributed by atoms with E-state index in [1.807, 2.05) is 0 Å². The maximum Gasteiger partial charge on any atom is 0.292 e. The smallest absolute Gasteiger partial charge is 0.292 e. The fourth-order valence-electron chi connectivity index (χ4n) is 1.31. The van der Waals surface area contributed by atoms with Crippen molar-refractivity contribution in [2.45, 2.75) is 6.92 Å². The summed E-state index contributed by atoms with van der Waals surface area (Å²) in [7, 11) is 0. The van der Waals surface area contributed by atoms with Crippen LogP contribution in [0.15, 0.2) is 12.1 Å². The largest absolute Gasteiger partial charge is 0.393 e. The maximum absolute atomic E-state index is 11.4. The molecule has 0 aliphatic heterocycles. The van der Waals surface area contributed by atoms with E-state index in [1.165, 1.54) is 12.1 Å². The van der Waals surface area contributed by atoms with E-state index in [-0.39, 0.29) is 22.8 Å². The summed E-state index contributed by atoms with van der Waals surface area (Å²) in [6.45, 7) is 1.65. The van der Waals surface area contributed by atoms with Crippen molar-refractivity contribution in [2.75, 3.05) is 11.6 Å². The van der Waals surface area contributed by atoms with Crippen LogP contribution in [0, 0.1) is 17.0 Å². The number of nitrogen functional groups attached to an aromatic ring is 1. The van der Waals surface area contributed by atoms with E-state index in [2.05, 4.69) is 0 Å². The van der Waals surface area contributed by atoms with Gasteiger partial charge >= 0.3 is 0 Å². The molecule has 0 aliphatic carbocycles. The van der Waals surface area contributed by atoms with Crippen molar-refractivity contribution in [1.29, 1.82) is 0 Å². The average molecular weight is 229 g/mol. The molecule has 0 unspecified atom stereocenters. The zero-order chi connectivity index (χ0) is 11.6. The lowest BCUT2D eigenvalue weighted by molar-refractivity contribution is -0.383. The van der Waals surface area contributed by atoms with Crippen LogP contribution in [0.25, 0.3) is 0 Å². The summed E-state index contributed by atoms with van der Waals surface area (Å²) in [6.07, 6.45) is 0. The molecule has 0 saturated heterocycles. The van der Waals surface area contributed by atoms with Gasteiger partial charge in [-0.25, -0.2) is 0 Å². The lowest BCUT2D eigenvalue weighted by Gasteiger charge is -2.06. The van der Waals surface area contributed by atoms with E-state index in [9.17, 15) is 14.9 Å². The summed E-state index contributed by atoms with van der Waals surface area (Å²) in [5, 5.41) is 10.6. The number of Topliss-reactive ketones (excluding diaryl/α,β-unsaturated/α-hetero) is 1. The molecule has 15 heavy (non-hydrogen) atoms. The van der Waals surface area contributed by atoms with Crippen molar-refractivity contribution in [3.63, 3.8) is 0 Å². The molecule has 6 heteroatoms. The van der Waals surface area contributed by atoms with Crippen LogP contribution in [0.4, 0.5) is 11.4 Å². The Labute approximate surface area is 91.0 Å². The van der Waals surface area contributed by atoms with Gasteiger partial charge in [-0.1, -0.05) is 6.07 Å². The van der Waals surface area contributed by atoms with Crippen LogP contribution in [0.3, 0.4) is 0 Å². The first kappa shape index (κ1) is 11.5. The number of nitro benzene ring substituents is 1. The summed E-state index contributed by atoms with van der Waals surface area (Å²) >= 11 is 5.39. The number of hydrogen-bond acceptors (Lipinski definition) is 4. The predicted molar refractivity (Wildman–Crippen MR) is 57.3 cm³/mol. The van der Waals surface area contributed by atoms with E-state index in [4.69, 9.17) is 17.3 Å². The van der Waals surface area contributed by atoms with Crippen LogP contribution in [0.5, 0.6) is 0 Å². The van der Waals surface area contributed by atoms with Gasteiger partial charge in [0, 0.05) is 6.07 Å². The molecule has 0 spiro atoms. The molecule has 80 valence electrons. The first-order valence-corrected chi connectivity index (χ1v) is 4.65. The lowest BCUT2D eigenvalue weighted by Crippen LogP contribution is -2.09. The number of carbonyl (C=O) groups excluding carboxylic acids is 1. The standard InChI is InChI=1S/C9H9ClN2O3/c1-5-2-3-6(12(14)15)9(11)8(5)7(13)4-10/h2-3H,4,11H2,1H3. The Morgan fingerprint density at radius 2 is 2.20 bits per heavy atom. The van der Waals surface area contributed by atoms with Gasteiger partial charge in [0.05, 0.1) is 16.4 Å². The van der Waals surface area contributed by atoms with Crippen molar-refractivity contribution < 1.29 is 9.72 Å². The van der Waals surface area contributed by atoms with Crippen LogP contribution < -0.4 is 5.73 Å². The topological polar surface area (TPSA) is 86.2 Å². The Morgan fingerprint density at radius 3 is 2.67 bits per heavy atom. The molecular weight excluding hydrogens is 220 g/mol. The van der Waals surface area contributed by atoms with Gasteiger partial charge in [0.2, 0.25) is 0 Å². The molecule has 0 atom stereocenters. The number of ketones is 1. The molecule has 0 radical (unpaired) electrons. The summed E-state index contributed by atoms with van der Waals surface area (Å²) in [5.74, 6) is -0.651. The zero-order valence-corrected chi connectivity index (χ0v) is 8.75. The number of nitrogens with two attached hydrogens (primary N) is 1. The first-order valence-electron chi connectivity index (χ1n) is 4.11. The number of hydrogen-bond donors (Lipinski definition) is 1. The monoisotopic (exact) mass is 228 g/mol. The van der Waals surface area contributed by atoms with Gasteiger partial charge in [0.15, 0.2) is 5.78 Å². The molecule has 0 saturated carbocycles. The normalized spacial score (nSPS) is 10.0. The minimum atomic E-state index is -0.625. The third-order valence-corrected chi connectivity index (χ3v) is 2.27. The number of halogens is 1. The number of carbonyl (C=O) groups is 1. The molecule has 1 aromatic carbocycles. The van der Waals surface area contributed by atoms with Crippen molar-refractivity contribution in [2.24, 2.45) is 0 Å². The average Bonchev–Trinajstić information content (AvgIpc) is 2.16. The molecule has 0 bridgehead atoms. The van der Waals surface area contributed by atoms with Gasteiger partial charge in [0.25, 0.3) is 5.69 Å². The van der Waals surface area contributed by atoms with Crippen LogP contribution in [-0.4, -0.2) is 16.6 Å². The van der Waals surface area contributed by atoms with Gasteiger partial charge in [0.1, 0.15) is 5.69 Å². The van der Waals surface area contributed by atoms with Crippen molar-refractivity contribution in [3.05, 3.63) is 33.4 Å². The fraction of sp³-hybridized carbons (Fsp3) is 0.222. The SMILES string of the molecule is Cc1ccc([N+](=O)[O-])c(N)c1C(=O)CCl. The second kappa shape index (κ2) is 4.27. The summed E-state index contributed by atoms with van der Waals surface area (Å²) in [5.41, 5.74) is 5.88. The second-order valence-corrected chi connectivity index (χ2v) is 3.27. The van der Waals surface area contributed by atoms with Crippen molar-refractivity contribution >= 4 is 28.8 Å². The Kier molecular flexibility index (Phi) is 3.26. The van der Waals surface area contributed by atoms with E-state index in [0.717, 1.165) is 0 Å². The van der Waals surface area contributed by atoms with Crippen LogP contribution in [0.2, 0.25) is 0 Å². The number of rotatable bonds is 3. The predicted octanol–water partition coefficient (Wildman–Crippen LogP) is 1.91. The van der Waals surface area contributed by atoms with Gasteiger partial charge in [-0.05, 0) is 12.5 Å². The Morgan fingerprint density at radius 1 is 1.60 bits per heavy atom. The third kappa shape index (κ3) is 2.07. The molecule has 0 aromatic heterocycles. The quantitative estimate of drug-likeness (QED) is 0.281. The highest BCUT2D eigenvalue weighted by Crippen LogP contribution is 2.28. The molecule has 0 heterocycles. The van der Waals surface area contributed by atoms with Gasteiger partial charge in [-0.15, -0.1) is 11.6 Å². The van der Waals surface area contributed by atoms with Crippen LogP contribution in [0.1, 0.15) is 15.9 Å². The van der Waals surface area contributed by atoms with Crippen molar-refractivity contribution in [3.8, 4) is 0 Å². The Bertz CT molecular complexity index is 432. The highest BCUT2D eigenvalue weighted by atomic mass is 35.5. The van der Waals surface area contributed by atoms with Crippen molar-refractivity contribution in [1.82, 2.24) is 0 Å². The zero-order valence-electron chi connectivity index (χ0n) is 7.99. The number of anilines is 1. The van der Waals surface area contributed by atoms with E-state index in [1.54, 1.807) is 6.92 Å². The molecule has 0 fully saturated rings. The van der Waals surface area contributed by atoms with Crippen LogP contribution >= 0.6 is 11.6 Å². The molecule has 0 amide bonds. The molecule has 1 rings (SSSR count). The lowest BCUT2D eigenvalue weighted by atomic mass is 10.0.